The first-order valence-corrected chi connectivity index (χ1v) is 11.5. The van der Waals surface area contributed by atoms with Crippen LogP contribution in [0.25, 0.3) is 0 Å². The zero-order chi connectivity index (χ0) is 18.4. The SMILES string of the molecule is CCN(CC)S(=O)(=O)c1cc(NC(=O)CSC2CCCC2)ccc1Cl. The maximum absolute atomic E-state index is 12.7. The van der Waals surface area contributed by atoms with Crippen LogP contribution in [-0.4, -0.2) is 42.7 Å². The number of carbonyl (C=O) groups is 1. The molecule has 140 valence electrons. The van der Waals surface area contributed by atoms with Crippen LogP contribution in [0, 0.1) is 0 Å². The Morgan fingerprint density at radius 1 is 1.28 bits per heavy atom. The van der Waals surface area contributed by atoms with Gasteiger partial charge < -0.3 is 5.32 Å². The van der Waals surface area contributed by atoms with E-state index in [1.165, 1.54) is 42.1 Å². The lowest BCUT2D eigenvalue weighted by Gasteiger charge is -2.19. The number of sulfonamides is 1. The summed E-state index contributed by atoms with van der Waals surface area (Å²) in [6.07, 6.45) is 4.82. The Morgan fingerprint density at radius 2 is 1.92 bits per heavy atom. The predicted molar refractivity (Wildman–Crippen MR) is 105 cm³/mol. The van der Waals surface area contributed by atoms with Crippen LogP contribution in [0.4, 0.5) is 5.69 Å². The van der Waals surface area contributed by atoms with E-state index in [-0.39, 0.29) is 15.8 Å². The number of hydrogen-bond donors (Lipinski definition) is 1. The van der Waals surface area contributed by atoms with Gasteiger partial charge >= 0.3 is 0 Å². The third kappa shape index (κ3) is 5.36. The summed E-state index contributed by atoms with van der Waals surface area (Å²) in [7, 11) is -3.67. The van der Waals surface area contributed by atoms with E-state index in [4.69, 9.17) is 11.6 Å². The summed E-state index contributed by atoms with van der Waals surface area (Å²) in [5.74, 6) is 0.260. The lowest BCUT2D eigenvalue weighted by Crippen LogP contribution is -2.31. The minimum atomic E-state index is -3.67. The molecular weight excluding hydrogens is 380 g/mol. The van der Waals surface area contributed by atoms with E-state index in [1.54, 1.807) is 31.7 Å². The standard InChI is InChI=1S/C17H25ClN2O3S2/c1-3-20(4-2)25(22,23)16-11-13(9-10-15(16)18)19-17(21)12-24-14-7-5-6-8-14/h9-11,14H,3-8,12H2,1-2H3,(H,19,21). The van der Waals surface area contributed by atoms with Crippen LogP contribution in [0.5, 0.6) is 0 Å². The minimum Gasteiger partial charge on any atom is -0.325 e. The van der Waals surface area contributed by atoms with E-state index >= 15 is 0 Å². The summed E-state index contributed by atoms with van der Waals surface area (Å²) in [6, 6.07) is 4.58. The molecule has 1 saturated carbocycles. The monoisotopic (exact) mass is 404 g/mol. The van der Waals surface area contributed by atoms with E-state index < -0.39 is 10.0 Å². The van der Waals surface area contributed by atoms with Crippen molar-refractivity contribution in [2.45, 2.75) is 49.7 Å². The zero-order valence-electron chi connectivity index (χ0n) is 14.6. The van der Waals surface area contributed by atoms with Gasteiger partial charge in [0.2, 0.25) is 15.9 Å². The van der Waals surface area contributed by atoms with E-state index in [9.17, 15) is 13.2 Å². The molecule has 1 aromatic rings. The van der Waals surface area contributed by atoms with Crippen molar-refractivity contribution in [2.75, 3.05) is 24.2 Å². The molecule has 0 bridgehead atoms. The molecule has 0 atom stereocenters. The second-order valence-corrected chi connectivity index (χ2v) is 9.60. The summed E-state index contributed by atoms with van der Waals surface area (Å²) in [5, 5.41) is 3.50. The van der Waals surface area contributed by atoms with Crippen LogP contribution >= 0.6 is 23.4 Å². The number of nitrogens with zero attached hydrogens (tertiary/aromatic N) is 1. The normalized spacial score (nSPS) is 15.7. The second-order valence-electron chi connectivity index (χ2n) is 6.00. The summed E-state index contributed by atoms with van der Waals surface area (Å²) in [5.41, 5.74) is 0.451. The van der Waals surface area contributed by atoms with Crippen LogP contribution in [0.1, 0.15) is 39.5 Å². The van der Waals surface area contributed by atoms with Gasteiger partial charge in [0, 0.05) is 24.0 Å². The first-order valence-electron chi connectivity index (χ1n) is 8.59. The number of anilines is 1. The molecule has 0 aliphatic heterocycles. The number of hydrogen-bond acceptors (Lipinski definition) is 4. The fourth-order valence-electron chi connectivity index (χ4n) is 2.93. The third-order valence-electron chi connectivity index (χ3n) is 4.29. The highest BCUT2D eigenvalue weighted by atomic mass is 35.5. The molecule has 1 aromatic carbocycles. The molecule has 2 rings (SSSR count). The smallest absolute Gasteiger partial charge is 0.244 e. The number of thioether (sulfide) groups is 1. The summed E-state index contributed by atoms with van der Waals surface area (Å²) in [4.78, 5) is 12.2. The van der Waals surface area contributed by atoms with Crippen molar-refractivity contribution in [2.24, 2.45) is 0 Å². The molecule has 0 radical (unpaired) electrons. The highest BCUT2D eigenvalue weighted by Gasteiger charge is 2.25. The molecule has 1 N–H and O–H groups in total. The number of benzene rings is 1. The summed E-state index contributed by atoms with van der Waals surface area (Å²) < 4.78 is 26.7. The molecule has 0 aromatic heterocycles. The number of nitrogens with one attached hydrogen (secondary N) is 1. The number of halogens is 1. The van der Waals surface area contributed by atoms with Gasteiger partial charge in [-0.25, -0.2) is 8.42 Å². The molecule has 0 unspecified atom stereocenters. The molecule has 1 fully saturated rings. The molecule has 0 saturated heterocycles. The fourth-order valence-corrected chi connectivity index (χ4v) is 6.01. The Morgan fingerprint density at radius 3 is 2.52 bits per heavy atom. The Hall–Kier alpha value is -0.760. The van der Waals surface area contributed by atoms with Crippen molar-refractivity contribution in [3.8, 4) is 0 Å². The third-order valence-corrected chi connectivity index (χ3v) is 8.19. The van der Waals surface area contributed by atoms with Gasteiger partial charge in [-0.15, -0.1) is 11.8 Å². The summed E-state index contributed by atoms with van der Waals surface area (Å²) in [6.45, 7) is 4.29. The van der Waals surface area contributed by atoms with Crippen molar-refractivity contribution >= 4 is 45.0 Å². The van der Waals surface area contributed by atoms with Crippen molar-refractivity contribution < 1.29 is 13.2 Å². The van der Waals surface area contributed by atoms with Crippen LogP contribution in [0.15, 0.2) is 23.1 Å². The van der Waals surface area contributed by atoms with E-state index in [0.717, 1.165) is 0 Å². The Bertz CT molecular complexity index is 700. The molecule has 0 spiro atoms. The summed E-state index contributed by atoms with van der Waals surface area (Å²) >= 11 is 7.77. The van der Waals surface area contributed by atoms with E-state index in [1.807, 2.05) is 0 Å². The highest BCUT2D eigenvalue weighted by Crippen LogP contribution is 2.30. The molecule has 5 nitrogen and oxygen atoms in total. The molecule has 1 amide bonds. The second kappa shape index (κ2) is 9.26. The van der Waals surface area contributed by atoms with Gasteiger partial charge in [0.05, 0.1) is 10.8 Å². The minimum absolute atomic E-state index is 0.0270. The maximum atomic E-state index is 12.7. The average Bonchev–Trinajstić information content (AvgIpc) is 3.09. The quantitative estimate of drug-likeness (QED) is 0.711. The number of rotatable bonds is 8. The molecule has 1 aliphatic carbocycles. The lowest BCUT2D eigenvalue weighted by atomic mass is 10.3. The number of amides is 1. The maximum Gasteiger partial charge on any atom is 0.244 e. The topological polar surface area (TPSA) is 66.5 Å². The Kier molecular flexibility index (Phi) is 7.61. The van der Waals surface area contributed by atoms with Crippen LogP contribution in [0.3, 0.4) is 0 Å². The lowest BCUT2D eigenvalue weighted by molar-refractivity contribution is -0.113. The van der Waals surface area contributed by atoms with Gasteiger partial charge in [0.1, 0.15) is 4.90 Å². The highest BCUT2D eigenvalue weighted by molar-refractivity contribution is 8.00. The van der Waals surface area contributed by atoms with E-state index in [0.29, 0.717) is 29.8 Å². The van der Waals surface area contributed by atoms with Crippen molar-refractivity contribution in [3.63, 3.8) is 0 Å². The largest absolute Gasteiger partial charge is 0.325 e. The van der Waals surface area contributed by atoms with Gasteiger partial charge in [-0.2, -0.15) is 4.31 Å². The zero-order valence-corrected chi connectivity index (χ0v) is 17.0. The van der Waals surface area contributed by atoms with Crippen LogP contribution < -0.4 is 5.32 Å². The van der Waals surface area contributed by atoms with Crippen molar-refractivity contribution in [1.29, 1.82) is 0 Å². The first-order chi connectivity index (χ1) is 11.9. The van der Waals surface area contributed by atoms with Gasteiger partial charge in [-0.05, 0) is 31.0 Å². The molecule has 25 heavy (non-hydrogen) atoms. The molecule has 1 aliphatic rings. The first kappa shape index (κ1) is 20.6. The Balaban J connectivity index is 2.08. The fraction of sp³-hybridized carbons (Fsp3) is 0.588. The molecule has 0 heterocycles. The number of carbonyl (C=O) groups excluding carboxylic acids is 1. The van der Waals surface area contributed by atoms with Crippen LogP contribution in [0.2, 0.25) is 5.02 Å². The molecule has 8 heteroatoms. The molecular formula is C17H25ClN2O3S2. The van der Waals surface area contributed by atoms with Gasteiger partial charge in [-0.1, -0.05) is 38.3 Å². The van der Waals surface area contributed by atoms with E-state index in [2.05, 4.69) is 5.32 Å². The predicted octanol–water partition coefficient (Wildman–Crippen LogP) is 3.98. The van der Waals surface area contributed by atoms with Gasteiger partial charge in [0.25, 0.3) is 0 Å². The van der Waals surface area contributed by atoms with Crippen molar-refractivity contribution in [3.05, 3.63) is 23.2 Å². The Labute approximate surface area is 159 Å². The van der Waals surface area contributed by atoms with Crippen LogP contribution in [-0.2, 0) is 14.8 Å². The van der Waals surface area contributed by atoms with Gasteiger partial charge in [0.15, 0.2) is 0 Å². The van der Waals surface area contributed by atoms with Crippen molar-refractivity contribution in [1.82, 2.24) is 4.31 Å². The average molecular weight is 405 g/mol. The van der Waals surface area contributed by atoms with Gasteiger partial charge in [-0.3, -0.25) is 4.79 Å².